The maximum Gasteiger partial charge on any atom is 0.0612 e. The quantitative estimate of drug-likeness (QED) is 0.852. The van der Waals surface area contributed by atoms with Crippen molar-refractivity contribution in [2.24, 2.45) is 0 Å². The molecule has 16 heavy (non-hydrogen) atoms. The highest BCUT2D eigenvalue weighted by Crippen LogP contribution is 2.29. The molecule has 0 spiro atoms. The third-order valence-corrected chi connectivity index (χ3v) is 3.34. The van der Waals surface area contributed by atoms with Crippen molar-refractivity contribution in [3.8, 4) is 0 Å². The van der Waals surface area contributed by atoms with E-state index in [0.29, 0.717) is 10.0 Å². The van der Waals surface area contributed by atoms with Crippen LogP contribution in [0.15, 0.2) is 41.1 Å². The molecule has 2 aromatic rings. The Labute approximate surface area is 112 Å². The van der Waals surface area contributed by atoms with Crippen molar-refractivity contribution in [3.63, 3.8) is 0 Å². The molecule has 0 saturated heterocycles. The zero-order valence-corrected chi connectivity index (χ0v) is 11.1. The molecule has 0 unspecified atom stereocenters. The number of nitrogens with zero attached hydrogens (tertiary/aromatic N) is 1. The number of halogens is 3. The molecule has 1 N–H and O–H groups in total. The molecule has 2 nitrogen and oxygen atoms in total. The molecular weight excluding hydrogens is 311 g/mol. The van der Waals surface area contributed by atoms with E-state index >= 15 is 0 Å². The summed E-state index contributed by atoms with van der Waals surface area (Å²) in [6, 6.07) is 7.26. The van der Waals surface area contributed by atoms with Crippen LogP contribution in [0.5, 0.6) is 0 Å². The van der Waals surface area contributed by atoms with E-state index in [0.717, 1.165) is 15.8 Å². The lowest BCUT2D eigenvalue weighted by atomic mass is 10.3. The lowest BCUT2D eigenvalue weighted by Crippen LogP contribution is -1.91. The first-order valence-corrected chi connectivity index (χ1v) is 6.03. The van der Waals surface area contributed by atoms with Crippen LogP contribution in [-0.4, -0.2) is 4.98 Å². The van der Waals surface area contributed by atoms with Crippen LogP contribution in [0.3, 0.4) is 0 Å². The van der Waals surface area contributed by atoms with Gasteiger partial charge in [-0.15, -0.1) is 0 Å². The minimum Gasteiger partial charge on any atom is -0.354 e. The average molecular weight is 318 g/mol. The second-order valence-electron chi connectivity index (χ2n) is 3.11. The lowest BCUT2D eigenvalue weighted by Gasteiger charge is -2.08. The maximum atomic E-state index is 5.92. The van der Waals surface area contributed by atoms with E-state index in [1.165, 1.54) is 0 Å². The number of anilines is 2. The minimum atomic E-state index is 0.525. The average Bonchev–Trinajstić information content (AvgIpc) is 2.27. The largest absolute Gasteiger partial charge is 0.354 e. The van der Waals surface area contributed by atoms with E-state index in [9.17, 15) is 0 Å². The van der Waals surface area contributed by atoms with Crippen molar-refractivity contribution < 1.29 is 0 Å². The van der Waals surface area contributed by atoms with Crippen LogP contribution in [-0.2, 0) is 0 Å². The van der Waals surface area contributed by atoms with E-state index < -0.39 is 0 Å². The van der Waals surface area contributed by atoms with Gasteiger partial charge in [-0.3, -0.25) is 4.98 Å². The fraction of sp³-hybridized carbons (Fsp3) is 0. The van der Waals surface area contributed by atoms with Gasteiger partial charge in [-0.2, -0.15) is 0 Å². The van der Waals surface area contributed by atoms with E-state index in [1.54, 1.807) is 24.5 Å². The molecule has 0 atom stereocenters. The molecule has 0 aliphatic heterocycles. The van der Waals surface area contributed by atoms with Gasteiger partial charge >= 0.3 is 0 Å². The van der Waals surface area contributed by atoms with Gasteiger partial charge in [-0.05, 0) is 40.2 Å². The monoisotopic (exact) mass is 316 g/mol. The first-order valence-electron chi connectivity index (χ1n) is 4.48. The molecule has 1 aromatic heterocycles. The fourth-order valence-electron chi connectivity index (χ4n) is 1.21. The van der Waals surface area contributed by atoms with Gasteiger partial charge in [0.15, 0.2) is 0 Å². The molecule has 0 aliphatic carbocycles. The summed E-state index contributed by atoms with van der Waals surface area (Å²) >= 11 is 15.2. The van der Waals surface area contributed by atoms with Crippen LogP contribution in [0.25, 0.3) is 0 Å². The maximum absolute atomic E-state index is 5.92. The first kappa shape index (κ1) is 11.7. The normalized spacial score (nSPS) is 10.2. The summed E-state index contributed by atoms with van der Waals surface area (Å²) in [6.45, 7) is 0. The summed E-state index contributed by atoms with van der Waals surface area (Å²) in [7, 11) is 0. The van der Waals surface area contributed by atoms with Crippen molar-refractivity contribution in [2.75, 3.05) is 5.32 Å². The molecule has 1 aromatic carbocycles. The van der Waals surface area contributed by atoms with Crippen molar-refractivity contribution in [1.82, 2.24) is 4.98 Å². The number of hydrogen-bond acceptors (Lipinski definition) is 2. The third kappa shape index (κ3) is 2.67. The van der Waals surface area contributed by atoms with Gasteiger partial charge in [0, 0.05) is 18.1 Å². The molecule has 5 heteroatoms. The number of benzene rings is 1. The number of rotatable bonds is 2. The van der Waals surface area contributed by atoms with E-state index in [-0.39, 0.29) is 0 Å². The molecular formula is C11H7BrCl2N2. The van der Waals surface area contributed by atoms with Crippen LogP contribution in [0.1, 0.15) is 0 Å². The van der Waals surface area contributed by atoms with Crippen molar-refractivity contribution >= 4 is 50.5 Å². The van der Waals surface area contributed by atoms with Gasteiger partial charge in [0.2, 0.25) is 0 Å². The van der Waals surface area contributed by atoms with Gasteiger partial charge in [-0.25, -0.2) is 0 Å². The molecule has 0 aliphatic rings. The van der Waals surface area contributed by atoms with Gasteiger partial charge in [0.05, 0.1) is 20.2 Å². The van der Waals surface area contributed by atoms with Crippen molar-refractivity contribution in [2.45, 2.75) is 0 Å². The minimum absolute atomic E-state index is 0.525. The van der Waals surface area contributed by atoms with E-state index in [4.69, 9.17) is 23.2 Å². The predicted molar refractivity (Wildman–Crippen MR) is 71.7 cm³/mol. The summed E-state index contributed by atoms with van der Waals surface area (Å²) in [5, 5.41) is 4.28. The van der Waals surface area contributed by atoms with Crippen LogP contribution >= 0.6 is 39.1 Å². The summed E-state index contributed by atoms with van der Waals surface area (Å²) in [5.41, 5.74) is 1.80. The van der Waals surface area contributed by atoms with Crippen LogP contribution < -0.4 is 5.32 Å². The Morgan fingerprint density at radius 3 is 2.62 bits per heavy atom. The highest BCUT2D eigenvalue weighted by atomic mass is 79.9. The zero-order chi connectivity index (χ0) is 11.5. The molecule has 0 fully saturated rings. The standard InChI is InChI=1S/C11H7BrCl2N2/c12-8-6-15-4-3-11(8)16-7-1-2-9(13)10(14)5-7/h1-6H,(H,15,16). The highest BCUT2D eigenvalue weighted by Gasteiger charge is 2.02. The van der Waals surface area contributed by atoms with Gasteiger partial charge in [0.25, 0.3) is 0 Å². The second kappa shape index (κ2) is 5.04. The topological polar surface area (TPSA) is 24.9 Å². The molecule has 2 rings (SSSR count). The van der Waals surface area contributed by atoms with Crippen LogP contribution in [0, 0.1) is 0 Å². The number of aromatic nitrogens is 1. The van der Waals surface area contributed by atoms with Gasteiger partial charge in [-0.1, -0.05) is 23.2 Å². The Kier molecular flexibility index (Phi) is 3.69. The zero-order valence-electron chi connectivity index (χ0n) is 8.05. The lowest BCUT2D eigenvalue weighted by molar-refractivity contribution is 1.30. The molecule has 0 bridgehead atoms. The Morgan fingerprint density at radius 2 is 1.94 bits per heavy atom. The van der Waals surface area contributed by atoms with Crippen LogP contribution in [0.4, 0.5) is 11.4 Å². The molecule has 0 saturated carbocycles. The smallest absolute Gasteiger partial charge is 0.0612 e. The molecule has 1 heterocycles. The van der Waals surface area contributed by atoms with Gasteiger partial charge in [0.1, 0.15) is 0 Å². The molecule has 82 valence electrons. The van der Waals surface area contributed by atoms with Crippen molar-refractivity contribution in [3.05, 3.63) is 51.2 Å². The van der Waals surface area contributed by atoms with Crippen LogP contribution in [0.2, 0.25) is 10.0 Å². The summed E-state index contributed by atoms with van der Waals surface area (Å²) in [4.78, 5) is 3.98. The second-order valence-corrected chi connectivity index (χ2v) is 4.78. The Morgan fingerprint density at radius 1 is 1.12 bits per heavy atom. The number of pyridine rings is 1. The SMILES string of the molecule is Clc1ccc(Nc2ccncc2Br)cc1Cl. The molecule has 0 amide bonds. The fourth-order valence-corrected chi connectivity index (χ4v) is 1.85. The molecule has 0 radical (unpaired) electrons. The Bertz CT molecular complexity index is 517. The van der Waals surface area contributed by atoms with Gasteiger partial charge < -0.3 is 5.32 Å². The Hall–Kier alpha value is -0.770. The first-order chi connectivity index (χ1) is 7.66. The highest BCUT2D eigenvalue weighted by molar-refractivity contribution is 9.10. The number of hydrogen-bond donors (Lipinski definition) is 1. The predicted octanol–water partition coefficient (Wildman–Crippen LogP) is 4.89. The summed E-state index contributed by atoms with van der Waals surface area (Å²) in [6.07, 6.45) is 3.43. The number of nitrogens with one attached hydrogen (secondary N) is 1. The van der Waals surface area contributed by atoms with Crippen molar-refractivity contribution in [1.29, 1.82) is 0 Å². The van der Waals surface area contributed by atoms with E-state index in [2.05, 4.69) is 26.2 Å². The Balaban J connectivity index is 2.28. The third-order valence-electron chi connectivity index (χ3n) is 1.97. The van der Waals surface area contributed by atoms with E-state index in [1.807, 2.05) is 12.1 Å². The summed E-state index contributed by atoms with van der Waals surface area (Å²) < 4.78 is 0.890. The summed E-state index contributed by atoms with van der Waals surface area (Å²) in [5.74, 6) is 0.